The summed E-state index contributed by atoms with van der Waals surface area (Å²) in [4.78, 5) is 18.2. The fraction of sp³-hybridized carbons (Fsp3) is 0.286. The molecule has 3 aromatic heterocycles. The number of rotatable bonds is 2. The van der Waals surface area contributed by atoms with Gasteiger partial charge in [0.15, 0.2) is 0 Å². The molecule has 0 saturated heterocycles. The minimum atomic E-state index is -0.272. The lowest BCUT2D eigenvalue weighted by Gasteiger charge is -2.05. The minimum absolute atomic E-state index is 0.272. The lowest BCUT2D eigenvalue weighted by molar-refractivity contribution is 0.103. The standard InChI is InChI=1S/C14H15N5OS2/c1-5-6(2)9-10(15)11(22-13(9)16-7(5)3)12(20)17-14-19-18-8(4)21-14/h15H2,1-4H3,(H,17,19,20). The van der Waals surface area contributed by atoms with Gasteiger partial charge in [-0.1, -0.05) is 11.3 Å². The van der Waals surface area contributed by atoms with E-state index in [-0.39, 0.29) is 5.91 Å². The molecule has 0 aliphatic rings. The second kappa shape index (κ2) is 5.29. The van der Waals surface area contributed by atoms with Crippen molar-refractivity contribution in [2.45, 2.75) is 27.7 Å². The van der Waals surface area contributed by atoms with E-state index in [0.29, 0.717) is 15.7 Å². The molecule has 3 rings (SSSR count). The zero-order chi connectivity index (χ0) is 16.0. The van der Waals surface area contributed by atoms with Crippen LogP contribution in [0.3, 0.4) is 0 Å². The summed E-state index contributed by atoms with van der Waals surface area (Å²) in [6.45, 7) is 7.81. The van der Waals surface area contributed by atoms with Crippen molar-refractivity contribution in [3.63, 3.8) is 0 Å². The Morgan fingerprint density at radius 1 is 1.09 bits per heavy atom. The van der Waals surface area contributed by atoms with Gasteiger partial charge in [-0.25, -0.2) is 4.98 Å². The van der Waals surface area contributed by atoms with Gasteiger partial charge in [-0.3, -0.25) is 10.1 Å². The first-order valence-electron chi connectivity index (χ1n) is 6.65. The first kappa shape index (κ1) is 14.9. The van der Waals surface area contributed by atoms with Gasteiger partial charge in [0.2, 0.25) is 5.13 Å². The number of pyridine rings is 1. The van der Waals surface area contributed by atoms with E-state index in [1.807, 2.05) is 27.7 Å². The topological polar surface area (TPSA) is 93.8 Å². The van der Waals surface area contributed by atoms with Crippen molar-refractivity contribution < 1.29 is 4.79 Å². The Hall–Kier alpha value is -2.06. The molecule has 0 aromatic carbocycles. The monoisotopic (exact) mass is 333 g/mol. The highest BCUT2D eigenvalue weighted by atomic mass is 32.1. The summed E-state index contributed by atoms with van der Waals surface area (Å²) in [5.41, 5.74) is 9.80. The number of nitrogens with zero attached hydrogens (tertiary/aromatic N) is 3. The molecule has 3 heterocycles. The van der Waals surface area contributed by atoms with Crippen LogP contribution in [0.15, 0.2) is 0 Å². The third-order valence-electron chi connectivity index (χ3n) is 3.63. The first-order valence-corrected chi connectivity index (χ1v) is 8.29. The molecule has 3 N–H and O–H groups in total. The normalized spacial score (nSPS) is 11.1. The largest absolute Gasteiger partial charge is 0.397 e. The molecule has 0 spiro atoms. The molecule has 0 atom stereocenters. The van der Waals surface area contributed by atoms with Crippen LogP contribution in [0.4, 0.5) is 10.8 Å². The average molecular weight is 333 g/mol. The summed E-state index contributed by atoms with van der Waals surface area (Å²) in [6.07, 6.45) is 0. The molecule has 0 bridgehead atoms. The summed E-state index contributed by atoms with van der Waals surface area (Å²) >= 11 is 2.63. The van der Waals surface area contributed by atoms with E-state index < -0.39 is 0 Å². The van der Waals surface area contributed by atoms with Crippen LogP contribution in [-0.2, 0) is 0 Å². The number of nitrogens with two attached hydrogens (primary N) is 1. The number of hydrogen-bond acceptors (Lipinski definition) is 7. The highest BCUT2D eigenvalue weighted by Crippen LogP contribution is 2.36. The Labute approximate surface area is 135 Å². The van der Waals surface area contributed by atoms with Crippen molar-refractivity contribution in [3.05, 3.63) is 26.7 Å². The van der Waals surface area contributed by atoms with Gasteiger partial charge in [0.05, 0.1) is 5.69 Å². The van der Waals surface area contributed by atoms with E-state index >= 15 is 0 Å². The van der Waals surface area contributed by atoms with Crippen molar-refractivity contribution in [1.82, 2.24) is 15.2 Å². The number of nitrogen functional groups attached to an aromatic ring is 1. The number of fused-ring (bicyclic) bond motifs is 1. The van der Waals surface area contributed by atoms with Crippen LogP contribution in [-0.4, -0.2) is 21.1 Å². The zero-order valence-corrected chi connectivity index (χ0v) is 14.3. The Bertz CT molecular complexity index is 896. The number of aryl methyl sites for hydroxylation is 3. The van der Waals surface area contributed by atoms with Gasteiger partial charge in [0.25, 0.3) is 5.91 Å². The van der Waals surface area contributed by atoms with Gasteiger partial charge in [0.1, 0.15) is 14.7 Å². The molecular weight excluding hydrogens is 318 g/mol. The van der Waals surface area contributed by atoms with Crippen LogP contribution in [0.5, 0.6) is 0 Å². The van der Waals surface area contributed by atoms with Gasteiger partial charge < -0.3 is 5.73 Å². The molecule has 0 unspecified atom stereocenters. The van der Waals surface area contributed by atoms with Crippen molar-refractivity contribution in [2.75, 3.05) is 11.1 Å². The van der Waals surface area contributed by atoms with E-state index in [1.165, 1.54) is 22.7 Å². The van der Waals surface area contributed by atoms with Gasteiger partial charge in [-0.15, -0.1) is 21.5 Å². The summed E-state index contributed by atoms with van der Waals surface area (Å²) in [5, 5.41) is 12.6. The Morgan fingerprint density at radius 2 is 1.82 bits per heavy atom. The minimum Gasteiger partial charge on any atom is -0.397 e. The van der Waals surface area contributed by atoms with Crippen molar-refractivity contribution in [3.8, 4) is 0 Å². The van der Waals surface area contributed by atoms with E-state index in [2.05, 4.69) is 20.5 Å². The molecule has 3 aromatic rings. The van der Waals surface area contributed by atoms with E-state index in [4.69, 9.17) is 5.73 Å². The Kier molecular flexibility index (Phi) is 3.57. The van der Waals surface area contributed by atoms with E-state index in [9.17, 15) is 4.79 Å². The van der Waals surface area contributed by atoms with Crippen LogP contribution in [0.1, 0.15) is 31.5 Å². The molecule has 114 valence electrons. The maximum atomic E-state index is 12.4. The molecule has 8 heteroatoms. The number of aromatic nitrogens is 3. The highest BCUT2D eigenvalue weighted by molar-refractivity contribution is 7.21. The smallest absolute Gasteiger partial charge is 0.269 e. The van der Waals surface area contributed by atoms with Crippen LogP contribution in [0, 0.1) is 27.7 Å². The number of anilines is 2. The maximum Gasteiger partial charge on any atom is 0.269 e. The molecule has 0 aliphatic heterocycles. The summed E-state index contributed by atoms with van der Waals surface area (Å²) in [5.74, 6) is -0.272. The fourth-order valence-corrected chi connectivity index (χ4v) is 3.92. The molecule has 0 saturated carbocycles. The maximum absolute atomic E-state index is 12.4. The number of carbonyl (C=O) groups is 1. The molecule has 0 aliphatic carbocycles. The predicted molar refractivity (Wildman–Crippen MR) is 90.8 cm³/mol. The molecule has 1 amide bonds. The van der Waals surface area contributed by atoms with E-state index in [0.717, 1.165) is 32.0 Å². The van der Waals surface area contributed by atoms with Crippen LogP contribution >= 0.6 is 22.7 Å². The van der Waals surface area contributed by atoms with Crippen molar-refractivity contribution >= 4 is 49.6 Å². The SMILES string of the molecule is Cc1nnc(NC(=O)c2sc3nc(C)c(C)c(C)c3c2N)s1. The zero-order valence-electron chi connectivity index (χ0n) is 12.6. The Balaban J connectivity index is 2.06. The third kappa shape index (κ3) is 2.34. The summed E-state index contributed by atoms with van der Waals surface area (Å²) in [7, 11) is 0. The van der Waals surface area contributed by atoms with Gasteiger partial charge >= 0.3 is 0 Å². The molecule has 6 nitrogen and oxygen atoms in total. The van der Waals surface area contributed by atoms with E-state index in [1.54, 1.807) is 0 Å². The fourth-order valence-electron chi connectivity index (χ4n) is 2.24. The van der Waals surface area contributed by atoms with Crippen LogP contribution in [0.2, 0.25) is 0 Å². The Morgan fingerprint density at radius 3 is 2.45 bits per heavy atom. The quantitative estimate of drug-likeness (QED) is 0.751. The number of nitrogens with one attached hydrogen (secondary N) is 1. The number of hydrogen-bond donors (Lipinski definition) is 2. The summed E-state index contributed by atoms with van der Waals surface area (Å²) in [6, 6.07) is 0. The average Bonchev–Trinajstić information content (AvgIpc) is 3.00. The third-order valence-corrected chi connectivity index (χ3v) is 5.48. The number of thiophene rings is 1. The predicted octanol–water partition coefficient (Wildman–Crippen LogP) is 3.22. The van der Waals surface area contributed by atoms with Crippen molar-refractivity contribution in [2.24, 2.45) is 0 Å². The second-order valence-electron chi connectivity index (χ2n) is 5.05. The molecular formula is C14H15N5OS2. The second-order valence-corrected chi connectivity index (χ2v) is 7.23. The summed E-state index contributed by atoms with van der Waals surface area (Å²) < 4.78 is 0. The lowest BCUT2D eigenvalue weighted by atomic mass is 10.1. The lowest BCUT2D eigenvalue weighted by Crippen LogP contribution is -2.11. The van der Waals surface area contributed by atoms with Crippen LogP contribution < -0.4 is 11.1 Å². The van der Waals surface area contributed by atoms with Crippen molar-refractivity contribution in [1.29, 1.82) is 0 Å². The van der Waals surface area contributed by atoms with Crippen LogP contribution in [0.25, 0.3) is 10.2 Å². The first-order chi connectivity index (χ1) is 10.4. The number of amides is 1. The number of carbonyl (C=O) groups excluding carboxylic acids is 1. The molecule has 0 fully saturated rings. The molecule has 0 radical (unpaired) electrons. The highest BCUT2D eigenvalue weighted by Gasteiger charge is 2.21. The van der Waals surface area contributed by atoms with Gasteiger partial charge in [0, 0.05) is 11.1 Å². The molecule has 22 heavy (non-hydrogen) atoms. The van der Waals surface area contributed by atoms with Gasteiger partial charge in [-0.05, 0) is 38.8 Å². The van der Waals surface area contributed by atoms with Gasteiger partial charge in [-0.2, -0.15) is 0 Å².